The van der Waals surface area contributed by atoms with E-state index in [9.17, 15) is 10.2 Å². The number of hydrogen-bond acceptors (Lipinski definition) is 2. The van der Waals surface area contributed by atoms with Gasteiger partial charge in [0.05, 0.1) is 0 Å². The van der Waals surface area contributed by atoms with Gasteiger partial charge >= 0.3 is 0 Å². The molecule has 2 nitrogen and oxygen atoms in total. The summed E-state index contributed by atoms with van der Waals surface area (Å²) < 4.78 is 0. The molecule has 0 saturated carbocycles. The van der Waals surface area contributed by atoms with Crippen molar-refractivity contribution in [1.29, 1.82) is 0 Å². The van der Waals surface area contributed by atoms with Crippen molar-refractivity contribution >= 4 is 10.8 Å². The van der Waals surface area contributed by atoms with Crippen molar-refractivity contribution in [3.8, 4) is 11.5 Å². The number of phenols is 2. The number of hydrogen-bond donors (Lipinski definition) is 2. The highest BCUT2D eigenvalue weighted by molar-refractivity contribution is 5.90. The molecule has 3 aromatic carbocycles. The second-order valence-corrected chi connectivity index (χ2v) is 4.61. The Hall–Kier alpha value is -2.48. The van der Waals surface area contributed by atoms with Crippen LogP contribution in [0.2, 0.25) is 0 Å². The molecule has 94 valence electrons. The van der Waals surface area contributed by atoms with Gasteiger partial charge in [-0.25, -0.2) is 0 Å². The molecule has 0 fully saturated rings. The second-order valence-electron chi connectivity index (χ2n) is 4.61. The minimum atomic E-state index is -0.0652. The first-order valence-electron chi connectivity index (χ1n) is 6.22. The normalized spacial score (nSPS) is 10.7. The van der Waals surface area contributed by atoms with E-state index >= 15 is 0 Å². The van der Waals surface area contributed by atoms with Gasteiger partial charge < -0.3 is 10.2 Å². The number of benzene rings is 3. The molecule has 3 aromatic rings. The number of rotatable bonds is 2. The Balaban J connectivity index is 2.19. The molecule has 0 radical (unpaired) electrons. The molecule has 3 rings (SSSR count). The average molecular weight is 250 g/mol. The Morgan fingerprint density at radius 1 is 0.789 bits per heavy atom. The average Bonchev–Trinajstić information content (AvgIpc) is 2.45. The fraction of sp³-hybridized carbons (Fsp3) is 0.0588. The maximum atomic E-state index is 10.1. The van der Waals surface area contributed by atoms with Crippen LogP contribution in [0.5, 0.6) is 11.5 Å². The lowest BCUT2D eigenvalue weighted by Gasteiger charge is -2.11. The second kappa shape index (κ2) is 4.65. The van der Waals surface area contributed by atoms with E-state index < -0.39 is 0 Å². The van der Waals surface area contributed by atoms with Crippen LogP contribution in [0.15, 0.2) is 60.7 Å². The highest BCUT2D eigenvalue weighted by atomic mass is 16.3. The summed E-state index contributed by atoms with van der Waals surface area (Å²) >= 11 is 0. The largest absolute Gasteiger partial charge is 0.504 e. The summed E-state index contributed by atoms with van der Waals surface area (Å²) in [4.78, 5) is 0. The van der Waals surface area contributed by atoms with Gasteiger partial charge in [-0.05, 0) is 22.4 Å². The lowest BCUT2D eigenvalue weighted by molar-refractivity contribution is 0.401. The van der Waals surface area contributed by atoms with Crippen LogP contribution in [-0.4, -0.2) is 10.2 Å². The van der Waals surface area contributed by atoms with Crippen LogP contribution in [0, 0.1) is 0 Å². The van der Waals surface area contributed by atoms with E-state index in [-0.39, 0.29) is 11.5 Å². The highest BCUT2D eigenvalue weighted by Crippen LogP contribution is 2.36. The Morgan fingerprint density at radius 3 is 2.26 bits per heavy atom. The molecule has 0 saturated heterocycles. The third kappa shape index (κ3) is 2.13. The van der Waals surface area contributed by atoms with E-state index in [1.807, 2.05) is 54.6 Å². The fourth-order valence-corrected chi connectivity index (χ4v) is 2.37. The van der Waals surface area contributed by atoms with Crippen LogP contribution in [0.25, 0.3) is 10.8 Å². The molecule has 0 aliphatic rings. The Bertz CT molecular complexity index is 718. The minimum absolute atomic E-state index is 0.0254. The smallest absolute Gasteiger partial charge is 0.161 e. The van der Waals surface area contributed by atoms with E-state index in [0.717, 1.165) is 21.9 Å². The van der Waals surface area contributed by atoms with Gasteiger partial charge in [0.15, 0.2) is 11.5 Å². The zero-order valence-electron chi connectivity index (χ0n) is 10.4. The summed E-state index contributed by atoms with van der Waals surface area (Å²) in [5.41, 5.74) is 1.87. The summed E-state index contributed by atoms with van der Waals surface area (Å²) in [6, 6.07) is 19.3. The van der Waals surface area contributed by atoms with E-state index in [2.05, 4.69) is 0 Å². The lowest BCUT2D eigenvalue weighted by Crippen LogP contribution is -1.91. The van der Waals surface area contributed by atoms with Crippen molar-refractivity contribution in [1.82, 2.24) is 0 Å². The van der Waals surface area contributed by atoms with Gasteiger partial charge in [-0.1, -0.05) is 54.6 Å². The zero-order chi connectivity index (χ0) is 13.2. The lowest BCUT2D eigenvalue weighted by atomic mass is 9.97. The first kappa shape index (κ1) is 11.6. The third-order valence-corrected chi connectivity index (χ3v) is 3.33. The predicted octanol–water partition coefficient (Wildman–Crippen LogP) is 3.84. The Morgan fingerprint density at radius 2 is 1.47 bits per heavy atom. The van der Waals surface area contributed by atoms with Crippen molar-refractivity contribution in [2.75, 3.05) is 0 Å². The number of aromatic hydroxyl groups is 2. The fourth-order valence-electron chi connectivity index (χ4n) is 2.37. The Kier molecular flexibility index (Phi) is 2.84. The standard InChI is InChI=1S/C17H14O2/c18-16-11-13-8-4-5-9-14(13)15(17(16)19)10-12-6-2-1-3-7-12/h1-9,11,18-19H,10H2. The maximum Gasteiger partial charge on any atom is 0.161 e. The van der Waals surface area contributed by atoms with Gasteiger partial charge in [0.25, 0.3) is 0 Å². The molecule has 0 unspecified atom stereocenters. The summed E-state index contributed by atoms with van der Waals surface area (Å²) in [6.45, 7) is 0. The van der Waals surface area contributed by atoms with E-state index in [1.165, 1.54) is 0 Å². The summed E-state index contributed by atoms with van der Waals surface area (Å²) in [5, 5.41) is 21.8. The van der Waals surface area contributed by atoms with Crippen LogP contribution >= 0.6 is 0 Å². The molecule has 0 bridgehead atoms. The molecule has 2 N–H and O–H groups in total. The maximum absolute atomic E-state index is 10.1. The molecule has 0 aliphatic heterocycles. The third-order valence-electron chi connectivity index (χ3n) is 3.33. The molecule has 19 heavy (non-hydrogen) atoms. The molecule has 0 aliphatic carbocycles. The van der Waals surface area contributed by atoms with Crippen molar-refractivity contribution in [2.24, 2.45) is 0 Å². The molecule has 0 spiro atoms. The number of phenolic OH excluding ortho intramolecular Hbond substituents is 2. The summed E-state index contributed by atoms with van der Waals surface area (Å²) in [5.74, 6) is -0.0906. The topological polar surface area (TPSA) is 40.5 Å². The molecule has 0 amide bonds. The van der Waals surface area contributed by atoms with Gasteiger partial charge in [0.1, 0.15) is 0 Å². The van der Waals surface area contributed by atoms with Crippen LogP contribution in [0.1, 0.15) is 11.1 Å². The van der Waals surface area contributed by atoms with E-state index in [1.54, 1.807) is 6.07 Å². The van der Waals surface area contributed by atoms with Crippen LogP contribution in [-0.2, 0) is 6.42 Å². The van der Waals surface area contributed by atoms with Crippen molar-refractivity contribution < 1.29 is 10.2 Å². The predicted molar refractivity (Wildman–Crippen MR) is 76.5 cm³/mol. The molecular weight excluding hydrogens is 236 g/mol. The van der Waals surface area contributed by atoms with E-state index in [4.69, 9.17) is 0 Å². The zero-order valence-corrected chi connectivity index (χ0v) is 10.4. The van der Waals surface area contributed by atoms with Gasteiger partial charge in [-0.15, -0.1) is 0 Å². The highest BCUT2D eigenvalue weighted by Gasteiger charge is 2.12. The minimum Gasteiger partial charge on any atom is -0.504 e. The van der Waals surface area contributed by atoms with Gasteiger partial charge in [0, 0.05) is 12.0 Å². The van der Waals surface area contributed by atoms with Crippen molar-refractivity contribution in [3.05, 3.63) is 71.8 Å². The van der Waals surface area contributed by atoms with Crippen molar-refractivity contribution in [2.45, 2.75) is 6.42 Å². The molecule has 0 aromatic heterocycles. The van der Waals surface area contributed by atoms with Crippen LogP contribution in [0.4, 0.5) is 0 Å². The van der Waals surface area contributed by atoms with Crippen molar-refractivity contribution in [3.63, 3.8) is 0 Å². The molecule has 0 heterocycles. The Labute approximate surface area is 111 Å². The van der Waals surface area contributed by atoms with Gasteiger partial charge in [0.2, 0.25) is 0 Å². The number of fused-ring (bicyclic) bond motifs is 1. The summed E-state index contributed by atoms with van der Waals surface area (Å²) in [7, 11) is 0. The first-order valence-corrected chi connectivity index (χ1v) is 6.22. The van der Waals surface area contributed by atoms with Gasteiger partial charge in [-0.3, -0.25) is 0 Å². The van der Waals surface area contributed by atoms with E-state index in [0.29, 0.717) is 6.42 Å². The molecule has 2 heteroatoms. The monoisotopic (exact) mass is 250 g/mol. The molecular formula is C17H14O2. The van der Waals surface area contributed by atoms with Gasteiger partial charge in [-0.2, -0.15) is 0 Å². The SMILES string of the molecule is Oc1cc2ccccc2c(Cc2ccccc2)c1O. The van der Waals surface area contributed by atoms with Crippen LogP contribution in [0.3, 0.4) is 0 Å². The quantitative estimate of drug-likeness (QED) is 0.678. The van der Waals surface area contributed by atoms with Crippen LogP contribution < -0.4 is 0 Å². The summed E-state index contributed by atoms with van der Waals surface area (Å²) in [6.07, 6.45) is 0.599. The molecule has 0 atom stereocenters. The first-order chi connectivity index (χ1) is 9.25.